The maximum Gasteiger partial charge on any atom is 0.230 e. The Morgan fingerprint density at radius 2 is 1.88 bits per heavy atom. The first kappa shape index (κ1) is 22.0. The van der Waals surface area contributed by atoms with Gasteiger partial charge >= 0.3 is 0 Å². The van der Waals surface area contributed by atoms with Crippen LogP contribution in [0.1, 0.15) is 16.8 Å². The minimum atomic E-state index is -0.101. The number of carbonyl (C=O) groups excluding carboxylic acids is 1. The Morgan fingerprint density at radius 3 is 2.66 bits per heavy atom. The molecule has 6 nitrogen and oxygen atoms in total. The molecule has 1 amide bonds. The van der Waals surface area contributed by atoms with Crippen LogP contribution >= 0.6 is 23.4 Å². The first-order chi connectivity index (χ1) is 15.5. The fourth-order valence-electron chi connectivity index (χ4n) is 3.23. The Kier molecular flexibility index (Phi) is 6.87. The quantitative estimate of drug-likeness (QED) is 0.390. The second-order valence-electron chi connectivity index (χ2n) is 7.30. The van der Waals surface area contributed by atoms with E-state index in [4.69, 9.17) is 11.6 Å². The minimum Gasteiger partial charge on any atom is -0.350 e. The van der Waals surface area contributed by atoms with E-state index in [1.807, 2.05) is 60.9 Å². The van der Waals surface area contributed by atoms with Crippen molar-refractivity contribution in [1.29, 1.82) is 0 Å². The van der Waals surface area contributed by atoms with Crippen molar-refractivity contribution in [2.75, 3.05) is 5.75 Å². The molecule has 162 valence electrons. The molecule has 1 N–H and O–H groups in total. The van der Waals surface area contributed by atoms with Crippen molar-refractivity contribution in [3.8, 4) is 17.1 Å². The Balaban J connectivity index is 1.61. The van der Waals surface area contributed by atoms with Crippen molar-refractivity contribution in [2.24, 2.45) is 0 Å². The summed E-state index contributed by atoms with van der Waals surface area (Å²) in [5.74, 6) is 0.745. The van der Waals surface area contributed by atoms with Crippen LogP contribution in [0.3, 0.4) is 0 Å². The van der Waals surface area contributed by atoms with Crippen molar-refractivity contribution in [3.63, 3.8) is 0 Å². The van der Waals surface area contributed by atoms with E-state index in [9.17, 15) is 4.79 Å². The predicted molar refractivity (Wildman–Crippen MR) is 128 cm³/mol. The van der Waals surface area contributed by atoms with Gasteiger partial charge in [0.05, 0.1) is 28.7 Å². The Hall–Kier alpha value is -3.16. The lowest BCUT2D eigenvalue weighted by Gasteiger charge is -2.14. The van der Waals surface area contributed by atoms with E-state index in [0.717, 1.165) is 28.1 Å². The molecule has 0 aliphatic carbocycles. The van der Waals surface area contributed by atoms with Crippen LogP contribution in [0.2, 0.25) is 5.02 Å². The van der Waals surface area contributed by atoms with Crippen molar-refractivity contribution in [1.82, 2.24) is 25.1 Å². The third kappa shape index (κ3) is 5.00. The summed E-state index contributed by atoms with van der Waals surface area (Å²) in [4.78, 5) is 16.7. The zero-order valence-electron chi connectivity index (χ0n) is 17.7. The second kappa shape index (κ2) is 9.97. The first-order valence-electron chi connectivity index (χ1n) is 10.1. The number of rotatable bonds is 7. The molecule has 0 atom stereocenters. The summed E-state index contributed by atoms with van der Waals surface area (Å²) < 4.78 is 1.97. The van der Waals surface area contributed by atoms with Crippen LogP contribution in [0.5, 0.6) is 0 Å². The highest BCUT2D eigenvalue weighted by Crippen LogP contribution is 2.33. The zero-order chi connectivity index (χ0) is 22.5. The van der Waals surface area contributed by atoms with E-state index in [-0.39, 0.29) is 11.7 Å². The Labute approximate surface area is 196 Å². The molecule has 0 radical (unpaired) electrons. The maximum atomic E-state index is 12.5. The molecular formula is C24H22ClN5OS. The number of benzene rings is 2. The van der Waals surface area contributed by atoms with Crippen LogP contribution in [0.15, 0.2) is 72.0 Å². The molecular weight excluding hydrogens is 442 g/mol. The van der Waals surface area contributed by atoms with Gasteiger partial charge in [-0.25, -0.2) is 0 Å². The minimum absolute atomic E-state index is 0.101. The molecule has 0 spiro atoms. The number of hydrogen-bond donors (Lipinski definition) is 1. The van der Waals surface area contributed by atoms with Gasteiger partial charge in [0.25, 0.3) is 0 Å². The number of carbonyl (C=O) groups is 1. The van der Waals surface area contributed by atoms with Gasteiger partial charge in [-0.15, -0.1) is 10.2 Å². The summed E-state index contributed by atoms with van der Waals surface area (Å²) in [6.45, 7) is 4.47. The second-order valence-corrected chi connectivity index (χ2v) is 8.65. The van der Waals surface area contributed by atoms with Gasteiger partial charge in [0.1, 0.15) is 0 Å². The normalized spacial score (nSPS) is 10.8. The van der Waals surface area contributed by atoms with E-state index in [0.29, 0.717) is 22.5 Å². The monoisotopic (exact) mass is 463 g/mol. The molecule has 0 bridgehead atoms. The van der Waals surface area contributed by atoms with Crippen molar-refractivity contribution in [2.45, 2.75) is 25.5 Å². The average Bonchev–Trinajstić information content (AvgIpc) is 3.22. The number of halogens is 1. The standard InChI is InChI=1S/C24H22ClN5OS/c1-16-10-11-17(2)21(13-16)30-23(19-8-3-4-9-20(19)25)28-29-24(30)32-15-22(31)27-14-18-7-5-6-12-26-18/h3-13H,14-15H2,1-2H3,(H,27,31). The summed E-state index contributed by atoms with van der Waals surface area (Å²) in [7, 11) is 0. The highest BCUT2D eigenvalue weighted by molar-refractivity contribution is 7.99. The van der Waals surface area contributed by atoms with Crippen molar-refractivity contribution < 1.29 is 4.79 Å². The lowest BCUT2D eigenvalue weighted by Crippen LogP contribution is -2.25. The predicted octanol–water partition coefficient (Wildman–Crippen LogP) is 5.01. The molecule has 4 aromatic rings. The van der Waals surface area contributed by atoms with Gasteiger partial charge in [-0.2, -0.15) is 0 Å². The van der Waals surface area contributed by atoms with Crippen LogP contribution in [0, 0.1) is 13.8 Å². The number of thioether (sulfide) groups is 1. The topological polar surface area (TPSA) is 72.7 Å². The van der Waals surface area contributed by atoms with Gasteiger partial charge in [-0.3, -0.25) is 14.3 Å². The van der Waals surface area contributed by atoms with E-state index < -0.39 is 0 Å². The summed E-state index contributed by atoms with van der Waals surface area (Å²) >= 11 is 7.80. The van der Waals surface area contributed by atoms with E-state index in [1.54, 1.807) is 6.20 Å². The maximum absolute atomic E-state index is 12.5. The van der Waals surface area contributed by atoms with E-state index in [2.05, 4.69) is 38.7 Å². The lowest BCUT2D eigenvalue weighted by molar-refractivity contribution is -0.118. The number of hydrogen-bond acceptors (Lipinski definition) is 5. The fourth-order valence-corrected chi connectivity index (χ4v) is 4.23. The molecule has 0 fully saturated rings. The number of nitrogens with zero attached hydrogens (tertiary/aromatic N) is 4. The van der Waals surface area contributed by atoms with Gasteiger partial charge in [-0.05, 0) is 55.3 Å². The highest BCUT2D eigenvalue weighted by atomic mass is 35.5. The number of nitrogens with one attached hydrogen (secondary N) is 1. The number of pyridine rings is 1. The average molecular weight is 464 g/mol. The van der Waals surface area contributed by atoms with Gasteiger partial charge < -0.3 is 5.32 Å². The molecule has 2 aromatic heterocycles. The molecule has 0 saturated heterocycles. The van der Waals surface area contributed by atoms with E-state index >= 15 is 0 Å². The first-order valence-corrected chi connectivity index (χ1v) is 11.5. The smallest absolute Gasteiger partial charge is 0.230 e. The van der Waals surface area contributed by atoms with Gasteiger partial charge in [0.15, 0.2) is 11.0 Å². The fraction of sp³-hybridized carbons (Fsp3) is 0.167. The molecule has 4 rings (SSSR count). The summed E-state index contributed by atoms with van der Waals surface area (Å²) in [5, 5.41) is 12.9. The third-order valence-corrected chi connectivity index (χ3v) is 6.14. The lowest BCUT2D eigenvalue weighted by atomic mass is 10.1. The molecule has 0 aliphatic rings. The highest BCUT2D eigenvalue weighted by Gasteiger charge is 2.20. The molecule has 2 aromatic carbocycles. The summed E-state index contributed by atoms with van der Waals surface area (Å²) in [5.41, 5.74) is 4.75. The van der Waals surface area contributed by atoms with E-state index in [1.165, 1.54) is 11.8 Å². The zero-order valence-corrected chi connectivity index (χ0v) is 19.3. The third-order valence-electron chi connectivity index (χ3n) is 4.88. The van der Waals surface area contributed by atoms with Crippen LogP contribution in [0.25, 0.3) is 17.1 Å². The Morgan fingerprint density at radius 1 is 1.06 bits per heavy atom. The van der Waals surface area contributed by atoms with Gasteiger partial charge in [0, 0.05) is 11.8 Å². The number of amides is 1. The molecule has 8 heteroatoms. The largest absolute Gasteiger partial charge is 0.350 e. The molecule has 2 heterocycles. The number of aromatic nitrogens is 4. The van der Waals surface area contributed by atoms with Crippen LogP contribution in [0.4, 0.5) is 0 Å². The van der Waals surface area contributed by atoms with Crippen LogP contribution in [-0.2, 0) is 11.3 Å². The SMILES string of the molecule is Cc1ccc(C)c(-n2c(SCC(=O)NCc3ccccn3)nnc2-c2ccccc2Cl)c1. The van der Waals surface area contributed by atoms with Gasteiger partial charge in [0.2, 0.25) is 5.91 Å². The summed E-state index contributed by atoms with van der Waals surface area (Å²) in [6.07, 6.45) is 1.71. The van der Waals surface area contributed by atoms with Crippen LogP contribution < -0.4 is 5.32 Å². The molecule has 32 heavy (non-hydrogen) atoms. The number of aryl methyl sites for hydroxylation is 2. The van der Waals surface area contributed by atoms with Gasteiger partial charge in [-0.1, -0.05) is 53.7 Å². The molecule has 0 unspecified atom stereocenters. The summed E-state index contributed by atoms with van der Waals surface area (Å²) in [6, 6.07) is 19.4. The molecule has 0 saturated carbocycles. The van der Waals surface area contributed by atoms with Crippen molar-refractivity contribution >= 4 is 29.3 Å². The van der Waals surface area contributed by atoms with Crippen molar-refractivity contribution in [3.05, 3.63) is 88.7 Å². The Bertz CT molecular complexity index is 1240. The van der Waals surface area contributed by atoms with Crippen LogP contribution in [-0.4, -0.2) is 31.4 Å². The molecule has 0 aliphatic heterocycles.